The van der Waals surface area contributed by atoms with E-state index >= 15 is 0 Å². The molecule has 5 heteroatoms. The number of aromatic nitrogens is 2. The summed E-state index contributed by atoms with van der Waals surface area (Å²) in [7, 11) is 0. The van der Waals surface area contributed by atoms with Gasteiger partial charge in [0.25, 0.3) is 0 Å². The highest BCUT2D eigenvalue weighted by molar-refractivity contribution is 5.80. The van der Waals surface area contributed by atoms with Crippen LogP contribution in [-0.2, 0) is 16.9 Å². The number of carboxylic acids is 1. The lowest BCUT2D eigenvalue weighted by molar-refractivity contribution is -0.146. The molecule has 0 bridgehead atoms. The summed E-state index contributed by atoms with van der Waals surface area (Å²) in [5.41, 5.74) is 0.437. The topological polar surface area (TPSA) is 67.2 Å². The molecule has 0 saturated carbocycles. The van der Waals surface area contributed by atoms with Gasteiger partial charge < -0.3 is 5.11 Å². The van der Waals surface area contributed by atoms with E-state index in [1.807, 2.05) is 56.4 Å². The molecule has 0 aliphatic heterocycles. The van der Waals surface area contributed by atoms with E-state index in [9.17, 15) is 9.90 Å². The Kier molecular flexibility index (Phi) is 4.75. The average Bonchev–Trinajstić information content (AvgIpc) is 2.89. The molecule has 1 unspecified atom stereocenters. The third kappa shape index (κ3) is 3.31. The largest absolute Gasteiger partial charge is 0.480 e. The Balaban J connectivity index is 2.42. The molecule has 1 atom stereocenters. The second-order valence-electron chi connectivity index (χ2n) is 5.16. The Bertz CT molecular complexity index is 595. The van der Waals surface area contributed by atoms with Crippen molar-refractivity contribution in [3.8, 4) is 0 Å². The summed E-state index contributed by atoms with van der Waals surface area (Å²) in [5, 5.41) is 17.4. The van der Waals surface area contributed by atoms with Gasteiger partial charge in [0.2, 0.25) is 0 Å². The number of benzene rings is 1. The van der Waals surface area contributed by atoms with E-state index in [1.54, 1.807) is 4.68 Å². The van der Waals surface area contributed by atoms with E-state index in [2.05, 4.69) is 10.4 Å². The maximum atomic E-state index is 12.0. The van der Waals surface area contributed by atoms with E-state index in [1.165, 1.54) is 0 Å². The number of aliphatic carboxylic acids is 1. The lowest BCUT2D eigenvalue weighted by Crippen LogP contribution is -2.52. The summed E-state index contributed by atoms with van der Waals surface area (Å²) < 4.78 is 1.68. The average molecular weight is 287 g/mol. The molecule has 5 nitrogen and oxygen atoms in total. The zero-order valence-corrected chi connectivity index (χ0v) is 12.4. The summed E-state index contributed by atoms with van der Waals surface area (Å²) in [6.45, 7) is 4.78. The van der Waals surface area contributed by atoms with Crippen molar-refractivity contribution in [1.29, 1.82) is 0 Å². The van der Waals surface area contributed by atoms with Gasteiger partial charge in [-0.15, -0.1) is 0 Å². The van der Waals surface area contributed by atoms with Crippen LogP contribution in [0.1, 0.15) is 24.6 Å². The zero-order valence-electron chi connectivity index (χ0n) is 12.4. The van der Waals surface area contributed by atoms with Crippen LogP contribution in [0.5, 0.6) is 0 Å². The van der Waals surface area contributed by atoms with Crippen LogP contribution in [0.2, 0.25) is 0 Å². The third-order valence-electron chi connectivity index (χ3n) is 3.48. The molecule has 1 aromatic carbocycles. The standard InChI is InChI=1S/C16H21N3O2/c1-3-10-17-16(15(20)21,14-7-5-4-6-8-14)12-19-11-9-13(2)18-19/h4-9,11,17H,3,10,12H2,1-2H3,(H,20,21). The van der Waals surface area contributed by atoms with Gasteiger partial charge in [0.15, 0.2) is 5.54 Å². The van der Waals surface area contributed by atoms with Crippen LogP contribution in [0.15, 0.2) is 42.6 Å². The van der Waals surface area contributed by atoms with Crippen LogP contribution in [0.25, 0.3) is 0 Å². The molecule has 2 N–H and O–H groups in total. The highest BCUT2D eigenvalue weighted by Gasteiger charge is 2.40. The Morgan fingerprint density at radius 3 is 2.57 bits per heavy atom. The first kappa shape index (κ1) is 15.3. The highest BCUT2D eigenvalue weighted by Crippen LogP contribution is 2.24. The molecule has 2 rings (SSSR count). The van der Waals surface area contributed by atoms with Gasteiger partial charge in [-0.05, 0) is 31.5 Å². The minimum atomic E-state index is -1.17. The number of carbonyl (C=O) groups is 1. The molecule has 0 spiro atoms. The molecule has 0 radical (unpaired) electrons. The number of rotatable bonds is 7. The van der Waals surface area contributed by atoms with Gasteiger partial charge in [0, 0.05) is 6.20 Å². The van der Waals surface area contributed by atoms with E-state index in [0.29, 0.717) is 6.54 Å². The van der Waals surface area contributed by atoms with Gasteiger partial charge in [-0.25, -0.2) is 4.79 Å². The SMILES string of the molecule is CCCNC(Cn1ccc(C)n1)(C(=O)O)c1ccccc1. The van der Waals surface area contributed by atoms with Crippen molar-refractivity contribution < 1.29 is 9.90 Å². The minimum Gasteiger partial charge on any atom is -0.480 e. The van der Waals surface area contributed by atoms with Crippen molar-refractivity contribution in [2.75, 3.05) is 6.54 Å². The molecule has 2 aromatic rings. The van der Waals surface area contributed by atoms with Gasteiger partial charge in [0.05, 0.1) is 12.2 Å². The van der Waals surface area contributed by atoms with Gasteiger partial charge >= 0.3 is 5.97 Å². The van der Waals surface area contributed by atoms with Crippen molar-refractivity contribution >= 4 is 5.97 Å². The van der Waals surface area contributed by atoms with Crippen molar-refractivity contribution in [2.45, 2.75) is 32.4 Å². The molecule has 1 aromatic heterocycles. The van der Waals surface area contributed by atoms with Crippen LogP contribution < -0.4 is 5.32 Å². The molecule has 0 aliphatic carbocycles. The number of hydrogen-bond acceptors (Lipinski definition) is 3. The summed E-state index contributed by atoms with van der Waals surface area (Å²) in [5.74, 6) is -0.893. The summed E-state index contributed by atoms with van der Waals surface area (Å²) in [6.07, 6.45) is 2.67. The van der Waals surface area contributed by atoms with E-state index < -0.39 is 11.5 Å². The van der Waals surface area contributed by atoms with E-state index in [4.69, 9.17) is 0 Å². The van der Waals surface area contributed by atoms with Crippen molar-refractivity contribution in [3.63, 3.8) is 0 Å². The first-order valence-corrected chi connectivity index (χ1v) is 7.12. The van der Waals surface area contributed by atoms with Gasteiger partial charge in [-0.1, -0.05) is 37.3 Å². The van der Waals surface area contributed by atoms with E-state index in [-0.39, 0.29) is 6.54 Å². The number of carboxylic acid groups (broad SMARTS) is 1. The smallest absolute Gasteiger partial charge is 0.330 e. The number of nitrogens with zero attached hydrogens (tertiary/aromatic N) is 2. The van der Waals surface area contributed by atoms with Gasteiger partial charge in [-0.2, -0.15) is 5.10 Å². The van der Waals surface area contributed by atoms with Crippen LogP contribution in [-0.4, -0.2) is 27.4 Å². The predicted molar refractivity (Wildman–Crippen MR) is 81.0 cm³/mol. The maximum Gasteiger partial charge on any atom is 0.330 e. The number of aryl methyl sites for hydroxylation is 1. The summed E-state index contributed by atoms with van der Waals surface area (Å²) in [6, 6.07) is 11.1. The Labute approximate surface area is 124 Å². The van der Waals surface area contributed by atoms with Crippen molar-refractivity contribution in [2.24, 2.45) is 0 Å². The molecule has 0 amide bonds. The Hall–Kier alpha value is -2.14. The normalized spacial score (nSPS) is 13.8. The van der Waals surface area contributed by atoms with Crippen LogP contribution in [0, 0.1) is 6.92 Å². The van der Waals surface area contributed by atoms with Gasteiger partial charge in [0.1, 0.15) is 0 Å². The molecular weight excluding hydrogens is 266 g/mol. The number of hydrogen-bond donors (Lipinski definition) is 2. The first-order valence-electron chi connectivity index (χ1n) is 7.12. The predicted octanol–water partition coefficient (Wildman–Crippen LogP) is 2.17. The lowest BCUT2D eigenvalue weighted by Gasteiger charge is -2.31. The molecule has 0 fully saturated rings. The molecule has 21 heavy (non-hydrogen) atoms. The van der Waals surface area contributed by atoms with Crippen LogP contribution in [0.3, 0.4) is 0 Å². The van der Waals surface area contributed by atoms with Crippen molar-refractivity contribution in [3.05, 3.63) is 53.9 Å². The van der Waals surface area contributed by atoms with Crippen molar-refractivity contribution in [1.82, 2.24) is 15.1 Å². The Morgan fingerprint density at radius 1 is 1.33 bits per heavy atom. The number of nitrogens with one attached hydrogen (secondary N) is 1. The molecule has 0 aliphatic rings. The lowest BCUT2D eigenvalue weighted by atomic mass is 9.89. The highest BCUT2D eigenvalue weighted by atomic mass is 16.4. The van der Waals surface area contributed by atoms with Gasteiger partial charge in [-0.3, -0.25) is 10.00 Å². The molecule has 112 valence electrons. The minimum absolute atomic E-state index is 0.250. The second kappa shape index (κ2) is 6.54. The fraction of sp³-hybridized carbons (Fsp3) is 0.375. The molecule has 1 heterocycles. The van der Waals surface area contributed by atoms with E-state index in [0.717, 1.165) is 17.7 Å². The first-order chi connectivity index (χ1) is 10.1. The maximum absolute atomic E-state index is 12.0. The van der Waals surface area contributed by atoms with Crippen LogP contribution in [0.4, 0.5) is 0 Å². The Morgan fingerprint density at radius 2 is 2.05 bits per heavy atom. The molecular formula is C16H21N3O2. The second-order valence-corrected chi connectivity index (χ2v) is 5.16. The summed E-state index contributed by atoms with van der Waals surface area (Å²) >= 11 is 0. The quantitative estimate of drug-likeness (QED) is 0.819. The molecule has 0 saturated heterocycles. The third-order valence-corrected chi connectivity index (χ3v) is 3.48. The monoisotopic (exact) mass is 287 g/mol. The zero-order chi connectivity index (χ0) is 15.3. The summed E-state index contributed by atoms with van der Waals surface area (Å²) in [4.78, 5) is 12.0. The van der Waals surface area contributed by atoms with Crippen LogP contribution >= 0.6 is 0 Å². The fourth-order valence-electron chi connectivity index (χ4n) is 2.37. The fourth-order valence-corrected chi connectivity index (χ4v) is 2.37.